The predicted molar refractivity (Wildman–Crippen MR) is 39.6 cm³/mol. The molecule has 12 heavy (non-hydrogen) atoms. The Kier molecular flexibility index (Phi) is 71.2. The first-order chi connectivity index (χ1) is 4.18. The maximum absolute atomic E-state index is 7.44. The number of hydrogen-bond donors (Lipinski definition) is 1. The van der Waals surface area contributed by atoms with Crippen LogP contribution in [0.15, 0.2) is 0 Å². The summed E-state index contributed by atoms with van der Waals surface area (Å²) in [6, 6.07) is 0. The number of aliphatic hydroxyl groups excluding tert-OH is 1. The Balaban J connectivity index is -0.0000000246. The second kappa shape index (κ2) is 29.3. The average Bonchev–Trinajstić information content (AvgIpc) is 1.67. The first-order valence-corrected chi connectivity index (χ1v) is 2.99. The van der Waals surface area contributed by atoms with Gasteiger partial charge in [-0.15, -0.1) is 0 Å². The van der Waals surface area contributed by atoms with Crippen molar-refractivity contribution in [2.24, 2.45) is 0 Å². The molecule has 0 aliphatic carbocycles. The normalized spacial score (nSPS) is 6.50. The van der Waals surface area contributed by atoms with Gasteiger partial charge in [0.25, 0.3) is 0 Å². The second-order valence-electron chi connectivity index (χ2n) is 1.65. The molecule has 0 atom stereocenters. The van der Waals surface area contributed by atoms with Crippen molar-refractivity contribution in [3.05, 3.63) is 20.7 Å². The minimum Gasteiger partial charge on any atom is -0.611 e. The van der Waals surface area contributed by atoms with E-state index in [4.69, 9.17) is 5.11 Å². The van der Waals surface area contributed by atoms with Gasteiger partial charge in [-0.1, -0.05) is 13.5 Å². The predicted octanol–water partition coefficient (Wildman–Crippen LogP) is 1.81. The van der Waals surface area contributed by atoms with Crippen LogP contribution in [-0.2, 0) is 63.2 Å². The Bertz CT molecular complexity index is 47.6. The summed E-state index contributed by atoms with van der Waals surface area (Å²) in [6.07, 6.45) is 1.13. The van der Waals surface area contributed by atoms with Gasteiger partial charge in [-0.25, -0.2) is 6.61 Å². The molecule has 0 heterocycles. The molecule has 0 fully saturated rings. The van der Waals surface area contributed by atoms with E-state index in [2.05, 4.69) is 21.0 Å². The molecule has 0 aromatic carbocycles. The van der Waals surface area contributed by atoms with Crippen molar-refractivity contribution in [1.82, 2.24) is 4.90 Å². The van der Waals surface area contributed by atoms with Crippen LogP contribution in [0.5, 0.6) is 0 Å². The molecule has 0 saturated carbocycles. The fourth-order valence-electron chi connectivity index (χ4n) is 0.316. The largest absolute Gasteiger partial charge is 0.611 e. The average molecular weight is 682 g/mol. The third-order valence-electron chi connectivity index (χ3n) is 0.540. The monoisotopic (exact) mass is 682 g/mol. The van der Waals surface area contributed by atoms with Crippen LogP contribution in [0, 0.1) is 20.7 Å². The van der Waals surface area contributed by atoms with Gasteiger partial charge in [-0.3, -0.25) is 0 Å². The second-order valence-corrected chi connectivity index (χ2v) is 1.65. The van der Waals surface area contributed by atoms with Gasteiger partial charge < -0.3 is 24.1 Å². The van der Waals surface area contributed by atoms with Gasteiger partial charge in [0.05, 0.1) is 0 Å². The third-order valence-corrected chi connectivity index (χ3v) is 0.540. The number of aliphatic hydroxyl groups is 1. The van der Waals surface area contributed by atoms with Crippen molar-refractivity contribution in [3.63, 3.8) is 0 Å². The number of hydrogen-bond acceptors (Lipinski definition) is 2. The van der Waals surface area contributed by atoms with Crippen LogP contribution in [0.1, 0.15) is 20.3 Å². The summed E-state index contributed by atoms with van der Waals surface area (Å²) in [4.78, 5) is 1.68. The summed E-state index contributed by atoms with van der Waals surface area (Å²) < 4.78 is 0. The van der Waals surface area contributed by atoms with Crippen molar-refractivity contribution in [2.45, 2.75) is 20.3 Å². The van der Waals surface area contributed by atoms with Crippen molar-refractivity contribution in [2.75, 3.05) is 6.54 Å². The molecule has 0 aromatic heterocycles. The Morgan fingerprint density at radius 3 is 1.50 bits per heavy atom. The van der Waals surface area contributed by atoms with Crippen LogP contribution in [0.2, 0.25) is 0 Å². The minimum absolute atomic E-state index is 0. The van der Waals surface area contributed by atoms with Crippen LogP contribution in [0.4, 0.5) is 0 Å². The first kappa shape index (κ1) is 29.2. The molecule has 1 N–H and O–H groups in total. The van der Waals surface area contributed by atoms with Crippen LogP contribution >= 0.6 is 0 Å². The molecule has 0 rings (SSSR count). The molecular formula is C7H16NOW3-3. The molecule has 0 unspecified atom stereocenters. The summed E-state index contributed by atoms with van der Waals surface area (Å²) in [6.45, 7) is 5.64. The van der Waals surface area contributed by atoms with E-state index in [1.54, 1.807) is 11.8 Å². The molecule has 2 nitrogen and oxygen atoms in total. The van der Waals surface area contributed by atoms with Crippen molar-refractivity contribution in [1.29, 1.82) is 0 Å². The fraction of sp³-hybridized carbons (Fsp3) is 0.571. The van der Waals surface area contributed by atoms with Gasteiger partial charge in [-0.05, 0) is 6.42 Å². The smallest absolute Gasteiger partial charge is 0 e. The number of rotatable bonds is 2. The summed E-state index contributed by atoms with van der Waals surface area (Å²) in [5.74, 6) is 0. The molecule has 0 spiro atoms. The molecular weight excluding hydrogens is 666 g/mol. The molecule has 5 heteroatoms. The van der Waals surface area contributed by atoms with E-state index >= 15 is 0 Å². The Labute approximate surface area is 120 Å². The SMILES string of the molecule is C[CH-]O.[CH2-]N([CH2-])CCC.[W].[W].[W]. The zero-order valence-corrected chi connectivity index (χ0v) is 16.3. The molecule has 0 aromatic rings. The third kappa shape index (κ3) is 58.2. The van der Waals surface area contributed by atoms with E-state index < -0.39 is 0 Å². The van der Waals surface area contributed by atoms with E-state index in [0.29, 0.717) is 0 Å². The quantitative estimate of drug-likeness (QED) is 0.450. The van der Waals surface area contributed by atoms with Gasteiger partial charge in [0.1, 0.15) is 0 Å². The molecule has 0 bridgehead atoms. The van der Waals surface area contributed by atoms with Gasteiger partial charge in [-0.2, -0.15) is 6.92 Å². The zero-order chi connectivity index (χ0) is 7.70. The van der Waals surface area contributed by atoms with Crippen molar-refractivity contribution in [3.8, 4) is 0 Å². The standard InChI is InChI=1S/C5H11N.C2H5O.3W/c1-4-5-6(2)3;1-2-3;;;/h2-5H2,1H3;2-3H,1H3;;;/q-2;-1;;;. The van der Waals surface area contributed by atoms with Gasteiger partial charge in [0, 0.05) is 63.2 Å². The van der Waals surface area contributed by atoms with Crippen LogP contribution in [0.3, 0.4) is 0 Å². The topological polar surface area (TPSA) is 23.5 Å². The fourth-order valence-corrected chi connectivity index (χ4v) is 0.316. The van der Waals surface area contributed by atoms with Gasteiger partial charge in [0.15, 0.2) is 0 Å². The molecule has 0 aliphatic heterocycles. The van der Waals surface area contributed by atoms with E-state index in [0.717, 1.165) is 19.6 Å². The van der Waals surface area contributed by atoms with E-state index in [1.165, 1.54) is 0 Å². The van der Waals surface area contributed by atoms with Crippen molar-refractivity contribution >= 4 is 0 Å². The van der Waals surface area contributed by atoms with Crippen molar-refractivity contribution < 1.29 is 68.3 Å². The molecule has 76 valence electrons. The zero-order valence-electron chi connectivity index (χ0n) is 7.52. The summed E-state index contributed by atoms with van der Waals surface area (Å²) >= 11 is 0. The molecule has 0 aliphatic rings. The summed E-state index contributed by atoms with van der Waals surface area (Å²) in [5, 5.41) is 7.44. The van der Waals surface area contributed by atoms with Gasteiger partial charge >= 0.3 is 0 Å². The van der Waals surface area contributed by atoms with E-state index in [-0.39, 0.29) is 63.2 Å². The Morgan fingerprint density at radius 2 is 1.50 bits per heavy atom. The van der Waals surface area contributed by atoms with Gasteiger partial charge in [0.2, 0.25) is 0 Å². The summed E-state index contributed by atoms with van der Waals surface area (Å²) in [7, 11) is 7.10. The molecule has 0 saturated heterocycles. The molecule has 0 amide bonds. The Hall–Kier alpha value is 1.98. The Morgan fingerprint density at radius 1 is 1.25 bits per heavy atom. The van der Waals surface area contributed by atoms with Crippen LogP contribution in [0.25, 0.3) is 0 Å². The summed E-state index contributed by atoms with van der Waals surface area (Å²) in [5.41, 5.74) is 0. The minimum atomic E-state index is 0. The van der Waals surface area contributed by atoms with E-state index in [1.807, 2.05) is 0 Å². The molecule has 0 radical (unpaired) electrons. The van der Waals surface area contributed by atoms with E-state index in [9.17, 15) is 0 Å². The first-order valence-electron chi connectivity index (χ1n) is 2.99. The number of nitrogens with zero attached hydrogens (tertiary/aromatic N) is 1. The van der Waals surface area contributed by atoms with Crippen LogP contribution in [-0.4, -0.2) is 16.6 Å². The maximum atomic E-state index is 7.44. The maximum Gasteiger partial charge on any atom is 0 e. The van der Waals surface area contributed by atoms with Crippen LogP contribution < -0.4 is 0 Å².